The van der Waals surface area contributed by atoms with Gasteiger partial charge in [-0.1, -0.05) is 19.8 Å². The van der Waals surface area contributed by atoms with Gasteiger partial charge in [-0.15, -0.1) is 0 Å². The van der Waals surface area contributed by atoms with Gasteiger partial charge < -0.3 is 10.2 Å². The fraction of sp³-hybridized carbons (Fsp3) is 1.00. The lowest BCUT2D eigenvalue weighted by atomic mass is 9.75. The van der Waals surface area contributed by atoms with E-state index in [4.69, 9.17) is 10.2 Å². The molecule has 2 heteroatoms. The van der Waals surface area contributed by atoms with E-state index in [0.717, 1.165) is 24.7 Å². The van der Waals surface area contributed by atoms with E-state index in [1.54, 1.807) is 0 Å². The van der Waals surface area contributed by atoms with Crippen LogP contribution in [-0.2, 0) is 0 Å². The smallest absolute Gasteiger partial charge is 0.0433 e. The van der Waals surface area contributed by atoms with Gasteiger partial charge in [0, 0.05) is 13.2 Å². The first-order valence-corrected chi connectivity index (χ1v) is 5.99. The second kappa shape index (κ2) is 6.41. The molecule has 1 saturated carbocycles. The van der Waals surface area contributed by atoms with Crippen LogP contribution in [0.25, 0.3) is 0 Å². The van der Waals surface area contributed by atoms with Crippen molar-refractivity contribution in [3.05, 3.63) is 0 Å². The topological polar surface area (TPSA) is 40.5 Å². The van der Waals surface area contributed by atoms with E-state index in [2.05, 4.69) is 6.92 Å². The largest absolute Gasteiger partial charge is 0.396 e. The molecule has 0 aromatic carbocycles. The van der Waals surface area contributed by atoms with Crippen molar-refractivity contribution in [1.82, 2.24) is 0 Å². The summed E-state index contributed by atoms with van der Waals surface area (Å²) in [6, 6.07) is 0. The molecule has 0 heterocycles. The van der Waals surface area contributed by atoms with E-state index in [-0.39, 0.29) is 0 Å². The number of hydrogen-bond acceptors (Lipinski definition) is 2. The lowest BCUT2D eigenvalue weighted by Crippen LogP contribution is -2.21. The van der Waals surface area contributed by atoms with Crippen LogP contribution >= 0.6 is 0 Å². The predicted molar refractivity (Wildman–Crippen MR) is 58.0 cm³/mol. The summed E-state index contributed by atoms with van der Waals surface area (Å²) in [5.41, 5.74) is 0. The molecular weight excluding hydrogens is 176 g/mol. The predicted octanol–water partition coefficient (Wildman–Crippen LogP) is 2.19. The van der Waals surface area contributed by atoms with Crippen LogP contribution in [0.4, 0.5) is 0 Å². The Morgan fingerprint density at radius 3 is 2.21 bits per heavy atom. The van der Waals surface area contributed by atoms with Gasteiger partial charge in [-0.3, -0.25) is 0 Å². The molecular formula is C12H24O2. The molecule has 1 aliphatic carbocycles. The summed E-state index contributed by atoms with van der Waals surface area (Å²) < 4.78 is 0. The van der Waals surface area contributed by atoms with Crippen molar-refractivity contribution in [2.24, 2.45) is 17.8 Å². The summed E-state index contributed by atoms with van der Waals surface area (Å²) in [7, 11) is 0. The zero-order valence-electron chi connectivity index (χ0n) is 9.28. The molecule has 14 heavy (non-hydrogen) atoms. The van der Waals surface area contributed by atoms with Gasteiger partial charge in [-0.25, -0.2) is 0 Å². The Labute approximate surface area is 87.3 Å². The van der Waals surface area contributed by atoms with Gasteiger partial charge in [0.2, 0.25) is 0 Å². The summed E-state index contributed by atoms with van der Waals surface area (Å²) in [6.45, 7) is 2.94. The van der Waals surface area contributed by atoms with Crippen molar-refractivity contribution in [2.75, 3.05) is 13.2 Å². The number of aliphatic hydroxyl groups excluding tert-OH is 2. The number of aliphatic hydroxyl groups is 2. The number of rotatable bonds is 5. The molecule has 0 spiro atoms. The Bertz CT molecular complexity index is 139. The third-order valence-electron chi connectivity index (χ3n) is 3.82. The van der Waals surface area contributed by atoms with Crippen LogP contribution in [0.15, 0.2) is 0 Å². The quantitative estimate of drug-likeness (QED) is 0.714. The van der Waals surface area contributed by atoms with Gasteiger partial charge in [0.15, 0.2) is 0 Å². The van der Waals surface area contributed by atoms with Gasteiger partial charge >= 0.3 is 0 Å². The van der Waals surface area contributed by atoms with E-state index >= 15 is 0 Å². The molecule has 1 fully saturated rings. The monoisotopic (exact) mass is 200 g/mol. The van der Waals surface area contributed by atoms with E-state index < -0.39 is 0 Å². The van der Waals surface area contributed by atoms with E-state index in [9.17, 15) is 0 Å². The van der Waals surface area contributed by atoms with E-state index in [0.29, 0.717) is 19.1 Å². The highest BCUT2D eigenvalue weighted by atomic mass is 16.3. The molecule has 2 nitrogen and oxygen atoms in total. The van der Waals surface area contributed by atoms with Crippen LogP contribution in [0.5, 0.6) is 0 Å². The molecule has 0 aromatic rings. The van der Waals surface area contributed by atoms with Crippen molar-refractivity contribution in [3.63, 3.8) is 0 Å². The molecule has 1 atom stereocenters. The third kappa shape index (κ3) is 3.58. The maximum atomic E-state index is 8.87. The minimum absolute atomic E-state index is 0.331. The maximum Gasteiger partial charge on any atom is 0.0433 e. The molecule has 84 valence electrons. The summed E-state index contributed by atoms with van der Waals surface area (Å²) in [5, 5.41) is 17.7. The van der Waals surface area contributed by atoms with Gasteiger partial charge in [0.1, 0.15) is 0 Å². The first kappa shape index (κ1) is 12.0. The molecule has 0 aromatic heterocycles. The van der Waals surface area contributed by atoms with Gasteiger partial charge in [-0.05, 0) is 43.4 Å². The molecule has 1 rings (SSSR count). The summed E-state index contributed by atoms with van der Waals surface area (Å²) >= 11 is 0. The SMILES string of the molecule is CC(CCO)C1CCC(CCO)CC1. The van der Waals surface area contributed by atoms with Crippen LogP contribution in [0.3, 0.4) is 0 Å². The minimum Gasteiger partial charge on any atom is -0.396 e. The van der Waals surface area contributed by atoms with Gasteiger partial charge in [0.25, 0.3) is 0 Å². The van der Waals surface area contributed by atoms with Crippen LogP contribution in [0.2, 0.25) is 0 Å². The van der Waals surface area contributed by atoms with Gasteiger partial charge in [0.05, 0.1) is 0 Å². The summed E-state index contributed by atoms with van der Waals surface area (Å²) in [6.07, 6.45) is 7.09. The normalized spacial score (nSPS) is 30.2. The summed E-state index contributed by atoms with van der Waals surface area (Å²) in [5.74, 6) is 2.25. The molecule has 0 bridgehead atoms. The van der Waals surface area contributed by atoms with Crippen LogP contribution < -0.4 is 0 Å². The average Bonchev–Trinajstić information content (AvgIpc) is 2.20. The Hall–Kier alpha value is -0.0800. The Morgan fingerprint density at radius 2 is 1.71 bits per heavy atom. The first-order chi connectivity index (χ1) is 6.77. The second-order valence-electron chi connectivity index (χ2n) is 4.78. The van der Waals surface area contributed by atoms with Crippen LogP contribution in [0, 0.1) is 17.8 Å². The third-order valence-corrected chi connectivity index (χ3v) is 3.82. The summed E-state index contributed by atoms with van der Waals surface area (Å²) in [4.78, 5) is 0. The minimum atomic E-state index is 0.331. The molecule has 1 aliphatic rings. The molecule has 0 saturated heterocycles. The zero-order valence-corrected chi connectivity index (χ0v) is 9.28. The maximum absolute atomic E-state index is 8.87. The lowest BCUT2D eigenvalue weighted by Gasteiger charge is -2.31. The van der Waals surface area contributed by atoms with Crippen LogP contribution in [0.1, 0.15) is 45.4 Å². The van der Waals surface area contributed by atoms with Crippen molar-refractivity contribution in [3.8, 4) is 0 Å². The molecule has 0 radical (unpaired) electrons. The highest BCUT2D eigenvalue weighted by Crippen LogP contribution is 2.35. The molecule has 1 unspecified atom stereocenters. The molecule has 0 aliphatic heterocycles. The molecule has 2 N–H and O–H groups in total. The fourth-order valence-corrected chi connectivity index (χ4v) is 2.67. The highest BCUT2D eigenvalue weighted by Gasteiger charge is 2.24. The van der Waals surface area contributed by atoms with Gasteiger partial charge in [-0.2, -0.15) is 0 Å². The van der Waals surface area contributed by atoms with Crippen LogP contribution in [-0.4, -0.2) is 23.4 Å². The molecule has 0 amide bonds. The standard InChI is InChI=1S/C12H24O2/c1-10(6-8-13)12-4-2-11(3-5-12)7-9-14/h10-14H,2-9H2,1H3. The zero-order chi connectivity index (χ0) is 10.4. The highest BCUT2D eigenvalue weighted by molar-refractivity contribution is 4.75. The Morgan fingerprint density at radius 1 is 1.07 bits per heavy atom. The first-order valence-electron chi connectivity index (χ1n) is 5.99. The van der Waals surface area contributed by atoms with Crippen molar-refractivity contribution < 1.29 is 10.2 Å². The fourth-order valence-electron chi connectivity index (χ4n) is 2.67. The van der Waals surface area contributed by atoms with Crippen molar-refractivity contribution in [1.29, 1.82) is 0 Å². The van der Waals surface area contributed by atoms with E-state index in [1.807, 2.05) is 0 Å². The van der Waals surface area contributed by atoms with E-state index in [1.165, 1.54) is 25.7 Å². The van der Waals surface area contributed by atoms with Crippen molar-refractivity contribution in [2.45, 2.75) is 45.4 Å². The van der Waals surface area contributed by atoms with Crippen molar-refractivity contribution >= 4 is 0 Å². The Balaban J connectivity index is 2.21. The lowest BCUT2D eigenvalue weighted by molar-refractivity contribution is 0.158. The Kier molecular flexibility index (Phi) is 5.49. The number of hydrogen-bond donors (Lipinski definition) is 2. The second-order valence-corrected chi connectivity index (χ2v) is 4.78. The average molecular weight is 200 g/mol.